The van der Waals surface area contributed by atoms with Crippen LogP contribution in [0.2, 0.25) is 0 Å². The first-order valence-corrected chi connectivity index (χ1v) is 14.5. The molecule has 192 valence electrons. The average Bonchev–Trinajstić information content (AvgIpc) is 3.18. The Morgan fingerprint density at radius 1 is 0.824 bits per heavy atom. The second kappa shape index (κ2) is 7.62. The van der Waals surface area contributed by atoms with Crippen LogP contribution in [0.4, 0.5) is 0 Å². The van der Waals surface area contributed by atoms with E-state index in [0.717, 1.165) is 31.6 Å². The summed E-state index contributed by atoms with van der Waals surface area (Å²) >= 11 is 0. The lowest BCUT2D eigenvalue weighted by atomic mass is 9.32. The molecule has 0 saturated heterocycles. The molecule has 2 nitrogen and oxygen atoms in total. The molecule has 5 rings (SSSR count). The van der Waals surface area contributed by atoms with Crippen molar-refractivity contribution in [2.24, 2.45) is 56.7 Å². The van der Waals surface area contributed by atoms with E-state index in [2.05, 4.69) is 54.7 Å². The number of hydrogen-bond acceptors (Lipinski definition) is 2. The Balaban J connectivity index is 1.56. The lowest BCUT2D eigenvalue weighted by molar-refractivity contribution is -0.249. The lowest BCUT2D eigenvalue weighted by Gasteiger charge is -2.73. The van der Waals surface area contributed by atoms with Gasteiger partial charge in [-0.25, -0.2) is 0 Å². The Kier molecular flexibility index (Phi) is 5.59. The number of aliphatic hydroxyl groups excluding tert-OH is 2. The van der Waals surface area contributed by atoms with Crippen molar-refractivity contribution in [3.8, 4) is 0 Å². The zero-order chi connectivity index (χ0) is 24.9. The van der Waals surface area contributed by atoms with E-state index in [-0.39, 0.29) is 16.9 Å². The van der Waals surface area contributed by atoms with Crippen LogP contribution in [-0.4, -0.2) is 16.3 Å². The van der Waals surface area contributed by atoms with Crippen LogP contribution in [0.5, 0.6) is 0 Å². The van der Waals surface area contributed by atoms with Crippen molar-refractivity contribution >= 4 is 0 Å². The van der Waals surface area contributed by atoms with Crippen molar-refractivity contribution in [1.29, 1.82) is 0 Å². The first kappa shape index (κ1) is 24.9. The minimum absolute atomic E-state index is 0.0545. The van der Waals surface area contributed by atoms with Crippen molar-refractivity contribution < 1.29 is 10.2 Å². The van der Waals surface area contributed by atoms with E-state index in [9.17, 15) is 10.2 Å². The van der Waals surface area contributed by atoms with Gasteiger partial charge in [-0.3, -0.25) is 0 Å². The third-order valence-corrected chi connectivity index (χ3v) is 14.2. The van der Waals surface area contributed by atoms with Gasteiger partial charge >= 0.3 is 0 Å². The maximum Gasteiger partial charge on any atom is 0.0915 e. The van der Waals surface area contributed by atoms with E-state index in [1.54, 1.807) is 0 Å². The van der Waals surface area contributed by atoms with Gasteiger partial charge in [0.05, 0.1) is 11.9 Å². The number of rotatable bonds is 3. The predicted molar refractivity (Wildman–Crippen MR) is 141 cm³/mol. The highest BCUT2D eigenvalue weighted by atomic mass is 16.3. The molecule has 0 spiro atoms. The zero-order valence-electron chi connectivity index (χ0n) is 23.1. The second-order valence-electron chi connectivity index (χ2n) is 14.7. The third kappa shape index (κ3) is 2.79. The fraction of sp³-hybridized carbons (Fsp3) is 0.875. The summed E-state index contributed by atoms with van der Waals surface area (Å²) in [4.78, 5) is 0. The van der Waals surface area contributed by atoms with E-state index >= 15 is 0 Å². The van der Waals surface area contributed by atoms with Gasteiger partial charge in [0.15, 0.2) is 0 Å². The van der Waals surface area contributed by atoms with Crippen LogP contribution in [0, 0.1) is 56.7 Å². The van der Waals surface area contributed by atoms with Gasteiger partial charge in [-0.1, -0.05) is 53.3 Å². The molecule has 5 saturated carbocycles. The maximum absolute atomic E-state index is 11.1. The van der Waals surface area contributed by atoms with Crippen LogP contribution < -0.4 is 0 Å². The molecule has 0 radical (unpaired) electrons. The van der Waals surface area contributed by atoms with Crippen molar-refractivity contribution in [3.63, 3.8) is 0 Å². The van der Waals surface area contributed by atoms with Crippen LogP contribution in [-0.2, 0) is 0 Å². The van der Waals surface area contributed by atoms with Gasteiger partial charge in [0, 0.05) is 5.41 Å². The molecule has 5 fully saturated rings. The van der Waals surface area contributed by atoms with Gasteiger partial charge in [0.25, 0.3) is 0 Å². The fourth-order valence-corrected chi connectivity index (χ4v) is 11.9. The smallest absolute Gasteiger partial charge is 0.0915 e. The molecule has 4 unspecified atom stereocenters. The van der Waals surface area contributed by atoms with Gasteiger partial charge < -0.3 is 10.2 Å². The van der Waals surface area contributed by atoms with Crippen LogP contribution >= 0.6 is 0 Å². The number of allylic oxidation sites excluding steroid dienone is 2. The quantitative estimate of drug-likeness (QED) is 0.322. The second-order valence-corrected chi connectivity index (χ2v) is 14.7. The van der Waals surface area contributed by atoms with Crippen molar-refractivity contribution in [1.82, 2.24) is 0 Å². The van der Waals surface area contributed by atoms with Gasteiger partial charge in [0.1, 0.15) is 0 Å². The molecule has 0 aliphatic heterocycles. The monoisotopic (exact) mass is 468 g/mol. The predicted octanol–water partition coefficient (Wildman–Crippen LogP) is 8.47. The lowest BCUT2D eigenvalue weighted by Crippen LogP contribution is -2.67. The molecular weight excluding hydrogens is 416 g/mol. The van der Waals surface area contributed by atoms with E-state index in [4.69, 9.17) is 0 Å². The highest BCUT2D eigenvalue weighted by Gasteiger charge is 2.71. The molecule has 0 aromatic heterocycles. The Morgan fingerprint density at radius 3 is 2.15 bits per heavy atom. The van der Waals surface area contributed by atoms with Crippen molar-refractivity contribution in [2.45, 2.75) is 118 Å². The zero-order valence-corrected chi connectivity index (χ0v) is 23.1. The molecule has 5 aliphatic carbocycles. The van der Waals surface area contributed by atoms with E-state index < -0.39 is 0 Å². The third-order valence-electron chi connectivity index (χ3n) is 14.2. The standard InChI is InChI=1S/C32H52O2/c1-9-28(5)24-13-16-31(8)25(29(24,6)15-14-26(28)34)11-10-23-27-22(20(2)3)12-17-32(27,21(4)33)19-18-30(23,31)7/h22-27,33-34H,2,4,9-19H2,1,3,5-8H3/t22?,23?,24-,25?,26-,27?,28-,29-,30+,31+,32+/m0/s1. The molecule has 5 aliphatic rings. The van der Waals surface area contributed by atoms with Crippen molar-refractivity contribution in [3.05, 3.63) is 24.5 Å². The van der Waals surface area contributed by atoms with E-state index in [0.29, 0.717) is 45.7 Å². The molecule has 11 atom stereocenters. The van der Waals surface area contributed by atoms with Crippen LogP contribution in [0.25, 0.3) is 0 Å². The molecule has 2 N–H and O–H groups in total. The minimum atomic E-state index is -0.146. The maximum atomic E-state index is 11.1. The van der Waals surface area contributed by atoms with E-state index in [1.807, 2.05) is 0 Å². The topological polar surface area (TPSA) is 40.5 Å². The molecule has 0 bridgehead atoms. The molecule has 34 heavy (non-hydrogen) atoms. The summed E-state index contributed by atoms with van der Waals surface area (Å²) in [5, 5.41) is 22.1. The molecule has 0 amide bonds. The summed E-state index contributed by atoms with van der Waals surface area (Å²) in [5.74, 6) is 3.48. The Hall–Kier alpha value is -0.760. The first-order chi connectivity index (χ1) is 15.8. The summed E-state index contributed by atoms with van der Waals surface area (Å²) in [6.45, 7) is 23.5. The summed E-state index contributed by atoms with van der Waals surface area (Å²) < 4.78 is 0. The van der Waals surface area contributed by atoms with Gasteiger partial charge in [-0.2, -0.15) is 0 Å². The van der Waals surface area contributed by atoms with Gasteiger partial charge in [-0.15, -0.1) is 0 Å². The SMILES string of the molecule is C=C(C)C1CC[C@]2(C(=C)O)CC[C@]3(C)C(CCC4[C@@]5(C)CC[C@H](O)[C@@](C)(CC)[C@@H]5CC[C@]43C)C12. The highest BCUT2D eigenvalue weighted by molar-refractivity contribution is 5.25. The molecular formula is C32H52O2. The first-order valence-electron chi connectivity index (χ1n) is 14.5. The number of fused-ring (bicyclic) bond motifs is 7. The van der Waals surface area contributed by atoms with E-state index in [1.165, 1.54) is 50.5 Å². The Labute approximate surface area is 209 Å². The summed E-state index contributed by atoms with van der Waals surface area (Å²) in [6, 6.07) is 0. The van der Waals surface area contributed by atoms with Crippen LogP contribution in [0.3, 0.4) is 0 Å². The largest absolute Gasteiger partial charge is 0.512 e. The Bertz CT molecular complexity index is 876. The fourth-order valence-electron chi connectivity index (χ4n) is 11.9. The Morgan fingerprint density at radius 2 is 1.53 bits per heavy atom. The number of hydrogen-bond donors (Lipinski definition) is 2. The molecule has 0 heterocycles. The summed E-state index contributed by atoms with van der Waals surface area (Å²) in [7, 11) is 0. The minimum Gasteiger partial charge on any atom is -0.512 e. The molecule has 0 aromatic rings. The van der Waals surface area contributed by atoms with Gasteiger partial charge in [-0.05, 0) is 129 Å². The summed E-state index contributed by atoms with van der Waals surface area (Å²) in [6.07, 6.45) is 12.8. The van der Waals surface area contributed by atoms with Gasteiger partial charge in [0.2, 0.25) is 0 Å². The average molecular weight is 469 g/mol. The van der Waals surface area contributed by atoms with Crippen LogP contribution in [0.15, 0.2) is 24.5 Å². The van der Waals surface area contributed by atoms with Crippen LogP contribution in [0.1, 0.15) is 112 Å². The molecule has 2 heteroatoms. The molecule has 0 aromatic carbocycles. The highest BCUT2D eigenvalue weighted by Crippen LogP contribution is 2.78. The normalized spacial score (nSPS) is 56.6. The number of aliphatic hydroxyl groups is 2. The van der Waals surface area contributed by atoms with Crippen molar-refractivity contribution in [2.75, 3.05) is 0 Å². The summed E-state index contributed by atoms with van der Waals surface area (Å²) in [5.41, 5.74) is 2.23.